The normalized spacial score (nSPS) is 15.4. The van der Waals surface area contributed by atoms with Crippen molar-refractivity contribution in [1.82, 2.24) is 4.72 Å². The van der Waals surface area contributed by atoms with Crippen molar-refractivity contribution in [3.8, 4) is 0 Å². The fourth-order valence-electron chi connectivity index (χ4n) is 2.62. The number of nitrogens with one attached hydrogen (secondary N) is 1. The Morgan fingerprint density at radius 3 is 2.36 bits per heavy atom. The highest BCUT2D eigenvalue weighted by molar-refractivity contribution is 7.90. The summed E-state index contributed by atoms with van der Waals surface area (Å²) < 4.78 is 40.1. The summed E-state index contributed by atoms with van der Waals surface area (Å²) in [5.41, 5.74) is -0.960. The quantitative estimate of drug-likeness (QED) is 0.647. The average Bonchev–Trinajstić information content (AvgIpc) is 3.36. The molecule has 1 aliphatic rings. The van der Waals surface area contributed by atoms with E-state index in [0.29, 0.717) is 36.6 Å². The zero-order valence-corrected chi connectivity index (χ0v) is 13.6. The van der Waals surface area contributed by atoms with E-state index in [4.69, 9.17) is 0 Å². The fourth-order valence-corrected chi connectivity index (χ4v) is 3.72. The highest BCUT2D eigenvalue weighted by Crippen LogP contribution is 2.48. The van der Waals surface area contributed by atoms with Gasteiger partial charge in [-0.05, 0) is 24.5 Å². The van der Waals surface area contributed by atoms with Crippen LogP contribution in [0.1, 0.15) is 18.4 Å². The van der Waals surface area contributed by atoms with E-state index in [2.05, 4.69) is 0 Å². The van der Waals surface area contributed by atoms with Crippen molar-refractivity contribution in [1.29, 1.82) is 0 Å². The van der Waals surface area contributed by atoms with Crippen molar-refractivity contribution >= 4 is 21.6 Å². The second kappa shape index (κ2) is 5.92. The number of rotatable bonds is 5. The third-order valence-electron chi connectivity index (χ3n) is 4.12. The molecule has 0 aromatic heterocycles. The number of sulfonamides is 1. The summed E-state index contributed by atoms with van der Waals surface area (Å²) in [6.45, 7) is 0. The molecule has 2 aromatic rings. The average molecular weight is 364 g/mol. The third-order valence-corrected chi connectivity index (χ3v) is 5.43. The minimum Gasteiger partial charge on any atom is -0.273 e. The first kappa shape index (κ1) is 17.0. The maximum Gasteiger partial charge on any atom is 0.273 e. The van der Waals surface area contributed by atoms with Gasteiger partial charge >= 0.3 is 0 Å². The van der Waals surface area contributed by atoms with Gasteiger partial charge in [0, 0.05) is 6.07 Å². The van der Waals surface area contributed by atoms with Crippen LogP contribution in [0.15, 0.2) is 53.4 Å². The number of nitro groups is 1. The second-order valence-corrected chi connectivity index (χ2v) is 7.47. The van der Waals surface area contributed by atoms with Crippen molar-refractivity contribution in [2.24, 2.45) is 0 Å². The van der Waals surface area contributed by atoms with E-state index in [9.17, 15) is 27.7 Å². The number of halogens is 1. The van der Waals surface area contributed by atoms with Gasteiger partial charge in [-0.25, -0.2) is 17.5 Å². The van der Waals surface area contributed by atoms with Crippen LogP contribution >= 0.6 is 0 Å². The van der Waals surface area contributed by atoms with Gasteiger partial charge in [0.2, 0.25) is 5.91 Å². The molecule has 0 bridgehead atoms. The Hall–Kier alpha value is -2.81. The molecule has 1 aliphatic carbocycles. The molecule has 1 saturated carbocycles. The molecule has 0 aliphatic heterocycles. The van der Waals surface area contributed by atoms with Crippen LogP contribution in [0.4, 0.5) is 10.1 Å². The molecule has 9 heteroatoms. The Kier molecular flexibility index (Phi) is 4.03. The monoisotopic (exact) mass is 364 g/mol. The molecule has 0 atom stereocenters. The number of carbonyl (C=O) groups is 1. The van der Waals surface area contributed by atoms with Crippen LogP contribution in [0.3, 0.4) is 0 Å². The molecule has 3 rings (SSSR count). The van der Waals surface area contributed by atoms with Gasteiger partial charge in [-0.15, -0.1) is 0 Å². The number of amides is 1. The molecule has 0 saturated heterocycles. The number of hydrogen-bond donors (Lipinski definition) is 1. The summed E-state index contributed by atoms with van der Waals surface area (Å²) in [4.78, 5) is 21.7. The summed E-state index contributed by atoms with van der Waals surface area (Å²) in [6.07, 6.45) is 0.976. The molecule has 25 heavy (non-hydrogen) atoms. The van der Waals surface area contributed by atoms with Crippen LogP contribution in [0, 0.1) is 15.9 Å². The van der Waals surface area contributed by atoms with Gasteiger partial charge in [0.25, 0.3) is 15.7 Å². The predicted octanol–water partition coefficient (Wildman–Crippen LogP) is 2.27. The summed E-state index contributed by atoms with van der Waals surface area (Å²) >= 11 is 0. The molecular weight excluding hydrogens is 351 g/mol. The SMILES string of the molecule is O=C(NS(=O)(=O)c1cc(F)cc([N+](=O)[O-])c1)C1(c2ccccc2)CC1. The maximum absolute atomic E-state index is 13.5. The molecule has 1 N–H and O–H groups in total. The molecule has 7 nitrogen and oxygen atoms in total. The van der Waals surface area contributed by atoms with E-state index >= 15 is 0 Å². The maximum atomic E-state index is 13.5. The zero-order chi connectivity index (χ0) is 18.2. The molecule has 0 heterocycles. The topological polar surface area (TPSA) is 106 Å². The van der Waals surface area contributed by atoms with E-state index in [1.165, 1.54) is 0 Å². The van der Waals surface area contributed by atoms with Gasteiger partial charge < -0.3 is 0 Å². The van der Waals surface area contributed by atoms with Gasteiger partial charge in [0.1, 0.15) is 5.82 Å². The molecule has 0 radical (unpaired) electrons. The highest BCUT2D eigenvalue weighted by atomic mass is 32.2. The fraction of sp³-hybridized carbons (Fsp3) is 0.188. The molecule has 2 aromatic carbocycles. The largest absolute Gasteiger partial charge is 0.273 e. The summed E-state index contributed by atoms with van der Waals surface area (Å²) in [5.74, 6) is -1.81. The lowest BCUT2D eigenvalue weighted by Crippen LogP contribution is -2.38. The Labute approximate surface area is 142 Å². The first-order valence-electron chi connectivity index (χ1n) is 7.32. The third kappa shape index (κ3) is 3.22. The molecule has 0 unspecified atom stereocenters. The Bertz CT molecular complexity index is 956. The van der Waals surface area contributed by atoms with Crippen LogP contribution in [0.5, 0.6) is 0 Å². The van der Waals surface area contributed by atoms with Gasteiger partial charge in [0.05, 0.1) is 21.3 Å². The van der Waals surface area contributed by atoms with Crippen LogP contribution < -0.4 is 4.72 Å². The van der Waals surface area contributed by atoms with Gasteiger partial charge in [-0.3, -0.25) is 14.9 Å². The van der Waals surface area contributed by atoms with Crippen molar-refractivity contribution in [2.45, 2.75) is 23.2 Å². The first-order valence-corrected chi connectivity index (χ1v) is 8.81. The summed E-state index contributed by atoms with van der Waals surface area (Å²) in [6, 6.07) is 10.7. The smallest absolute Gasteiger partial charge is 0.273 e. The lowest BCUT2D eigenvalue weighted by molar-refractivity contribution is -0.385. The number of benzene rings is 2. The number of hydrogen-bond acceptors (Lipinski definition) is 5. The minimum absolute atomic E-state index is 0.488. The molecular formula is C16H13FN2O5S. The number of carbonyl (C=O) groups excluding carboxylic acids is 1. The number of nitrogens with zero attached hydrogens (tertiary/aromatic N) is 1. The van der Waals surface area contributed by atoms with E-state index in [1.54, 1.807) is 30.3 Å². The van der Waals surface area contributed by atoms with Crippen molar-refractivity contribution < 1.29 is 22.5 Å². The van der Waals surface area contributed by atoms with Gasteiger partial charge in [-0.1, -0.05) is 30.3 Å². The van der Waals surface area contributed by atoms with Crippen molar-refractivity contribution in [2.75, 3.05) is 0 Å². The second-order valence-electron chi connectivity index (χ2n) is 5.78. The van der Waals surface area contributed by atoms with Crippen LogP contribution in [0.2, 0.25) is 0 Å². The lowest BCUT2D eigenvalue weighted by atomic mass is 9.96. The van der Waals surface area contributed by atoms with E-state index in [-0.39, 0.29) is 0 Å². The minimum atomic E-state index is -4.43. The molecule has 130 valence electrons. The van der Waals surface area contributed by atoms with Gasteiger partial charge in [-0.2, -0.15) is 0 Å². The van der Waals surface area contributed by atoms with Gasteiger partial charge in [0.15, 0.2) is 0 Å². The standard InChI is InChI=1S/C16H13FN2O5S/c17-12-8-13(19(21)22)10-14(9-12)25(23,24)18-15(20)16(6-7-16)11-4-2-1-3-5-11/h1-5,8-10H,6-7H2,(H,18,20). The zero-order valence-electron chi connectivity index (χ0n) is 12.8. The van der Waals surface area contributed by atoms with E-state index in [0.717, 1.165) is 0 Å². The first-order chi connectivity index (χ1) is 11.7. The van der Waals surface area contributed by atoms with Crippen molar-refractivity contribution in [3.63, 3.8) is 0 Å². The van der Waals surface area contributed by atoms with Crippen LogP contribution in [-0.4, -0.2) is 19.2 Å². The Balaban J connectivity index is 1.90. The van der Waals surface area contributed by atoms with Crippen LogP contribution in [0.25, 0.3) is 0 Å². The van der Waals surface area contributed by atoms with E-state index in [1.807, 2.05) is 4.72 Å². The molecule has 1 fully saturated rings. The Morgan fingerprint density at radius 2 is 1.80 bits per heavy atom. The van der Waals surface area contributed by atoms with Crippen molar-refractivity contribution in [3.05, 3.63) is 70.0 Å². The number of nitro benzene ring substituents is 1. The molecule has 0 spiro atoms. The summed E-state index contributed by atoms with van der Waals surface area (Å²) in [7, 11) is -4.43. The number of non-ortho nitro benzene ring substituents is 1. The summed E-state index contributed by atoms with van der Waals surface area (Å²) in [5, 5.41) is 10.8. The highest BCUT2D eigenvalue weighted by Gasteiger charge is 2.52. The Morgan fingerprint density at radius 1 is 1.16 bits per heavy atom. The lowest BCUT2D eigenvalue weighted by Gasteiger charge is -2.16. The van der Waals surface area contributed by atoms with Crippen LogP contribution in [-0.2, 0) is 20.2 Å². The predicted molar refractivity (Wildman–Crippen MR) is 85.7 cm³/mol. The van der Waals surface area contributed by atoms with E-state index < -0.39 is 42.7 Å². The molecule has 1 amide bonds.